The fraction of sp³-hybridized carbons (Fsp3) is 0.192. The van der Waals surface area contributed by atoms with Crippen molar-refractivity contribution in [2.45, 2.75) is 18.9 Å². The molecule has 0 spiro atoms. The predicted molar refractivity (Wildman–Crippen MR) is 151 cm³/mol. The Labute approximate surface area is 232 Å². The zero-order valence-electron chi connectivity index (χ0n) is 19.6. The summed E-state index contributed by atoms with van der Waals surface area (Å²) in [5, 5.41) is 12.0. The second-order valence-corrected chi connectivity index (χ2v) is 10.2. The molecule has 0 aromatic heterocycles. The number of halogens is 3. The Morgan fingerprint density at radius 2 is 1.43 bits per heavy atom. The number of carbonyl (C=O) groups excluding carboxylic acids is 3. The van der Waals surface area contributed by atoms with Crippen LogP contribution in [0.25, 0.3) is 0 Å². The third-order valence-electron chi connectivity index (χ3n) is 5.77. The number of benzene rings is 3. The lowest BCUT2D eigenvalue weighted by molar-refractivity contribution is 0.0919. The highest BCUT2D eigenvalue weighted by atomic mass is 79.9. The van der Waals surface area contributed by atoms with Crippen LogP contribution in [0.2, 0.25) is 10.0 Å². The smallest absolute Gasteiger partial charge is 0.323 e. The number of hydrogen-bond acceptors (Lipinski definition) is 3. The summed E-state index contributed by atoms with van der Waals surface area (Å²) in [5.41, 5.74) is 2.09. The van der Waals surface area contributed by atoms with Crippen molar-refractivity contribution in [3.63, 3.8) is 0 Å². The molecule has 1 fully saturated rings. The van der Waals surface area contributed by atoms with Crippen LogP contribution in [0, 0.1) is 0 Å². The minimum absolute atomic E-state index is 0.0567. The summed E-state index contributed by atoms with van der Waals surface area (Å²) in [6, 6.07) is 18.1. The molecule has 0 atom stereocenters. The van der Waals surface area contributed by atoms with Crippen molar-refractivity contribution in [2.75, 3.05) is 29.0 Å². The summed E-state index contributed by atoms with van der Waals surface area (Å²) in [6.07, 6.45) is 1.28. The van der Waals surface area contributed by atoms with Gasteiger partial charge in [0.25, 0.3) is 5.91 Å². The molecule has 8 nitrogen and oxygen atoms in total. The van der Waals surface area contributed by atoms with Crippen LogP contribution in [0.15, 0.2) is 71.2 Å². The van der Waals surface area contributed by atoms with Crippen LogP contribution >= 0.6 is 39.1 Å². The maximum atomic E-state index is 12.8. The Morgan fingerprint density at radius 3 is 2.11 bits per heavy atom. The lowest BCUT2D eigenvalue weighted by atomic mass is 10.0. The Kier molecular flexibility index (Phi) is 8.91. The standard InChI is InChI=1S/C26H24BrCl2N5O3/c27-17-4-6-18(7-5-17)33-26(37)34-12-10-19(11-13-34)30-24(35)16-2-1-3-20(14-16)31-25(36)32-21-8-9-22(28)23(29)15-21/h1-9,14-15,19H,10-13H2,(H,30,35)(H,33,37)(H2,31,32,36). The first-order valence-corrected chi connectivity index (χ1v) is 13.1. The molecule has 0 radical (unpaired) electrons. The highest BCUT2D eigenvalue weighted by molar-refractivity contribution is 9.10. The molecule has 4 rings (SSSR count). The van der Waals surface area contributed by atoms with Gasteiger partial charge < -0.3 is 26.2 Å². The van der Waals surface area contributed by atoms with Crippen molar-refractivity contribution in [3.05, 3.63) is 86.8 Å². The van der Waals surface area contributed by atoms with E-state index in [4.69, 9.17) is 23.2 Å². The van der Waals surface area contributed by atoms with E-state index in [2.05, 4.69) is 37.2 Å². The van der Waals surface area contributed by atoms with E-state index >= 15 is 0 Å². The van der Waals surface area contributed by atoms with Crippen LogP contribution in [0.1, 0.15) is 23.2 Å². The van der Waals surface area contributed by atoms with Gasteiger partial charge in [0.05, 0.1) is 10.0 Å². The molecule has 1 aliphatic heterocycles. The molecule has 1 aliphatic rings. The van der Waals surface area contributed by atoms with E-state index in [9.17, 15) is 14.4 Å². The predicted octanol–water partition coefficient (Wildman–Crippen LogP) is 6.83. The summed E-state index contributed by atoms with van der Waals surface area (Å²) in [7, 11) is 0. The van der Waals surface area contributed by atoms with Gasteiger partial charge >= 0.3 is 12.1 Å². The van der Waals surface area contributed by atoms with Gasteiger partial charge in [0.2, 0.25) is 0 Å². The van der Waals surface area contributed by atoms with Crippen LogP contribution < -0.4 is 21.3 Å². The van der Waals surface area contributed by atoms with Crippen LogP contribution in [0.3, 0.4) is 0 Å². The third kappa shape index (κ3) is 7.61. The van der Waals surface area contributed by atoms with Crippen LogP contribution in [0.5, 0.6) is 0 Å². The summed E-state index contributed by atoms with van der Waals surface area (Å²) >= 11 is 15.3. The highest BCUT2D eigenvalue weighted by Gasteiger charge is 2.24. The van der Waals surface area contributed by atoms with Crippen molar-refractivity contribution in [2.24, 2.45) is 0 Å². The van der Waals surface area contributed by atoms with Gasteiger partial charge in [0.1, 0.15) is 0 Å². The van der Waals surface area contributed by atoms with Gasteiger partial charge in [-0.05, 0) is 73.5 Å². The van der Waals surface area contributed by atoms with Gasteiger partial charge in [-0.1, -0.05) is 45.2 Å². The first kappa shape index (κ1) is 26.8. The molecule has 4 N–H and O–H groups in total. The molecular formula is C26H24BrCl2N5O3. The Hall–Kier alpha value is -3.27. The molecule has 0 bridgehead atoms. The number of amides is 5. The van der Waals surface area contributed by atoms with Gasteiger partial charge in [-0.25, -0.2) is 9.59 Å². The molecule has 37 heavy (non-hydrogen) atoms. The molecule has 0 aliphatic carbocycles. The SMILES string of the molecule is O=C(Nc1cccc(C(=O)NC2CCN(C(=O)Nc3ccc(Br)cc3)CC2)c1)Nc1ccc(Cl)c(Cl)c1. The molecule has 3 aromatic carbocycles. The number of nitrogens with zero attached hydrogens (tertiary/aromatic N) is 1. The highest BCUT2D eigenvalue weighted by Crippen LogP contribution is 2.25. The fourth-order valence-corrected chi connectivity index (χ4v) is 4.40. The monoisotopic (exact) mass is 603 g/mol. The quantitative estimate of drug-likeness (QED) is 0.257. The van der Waals surface area contributed by atoms with Crippen molar-refractivity contribution >= 4 is 74.2 Å². The molecule has 192 valence electrons. The minimum atomic E-state index is -0.482. The largest absolute Gasteiger partial charge is 0.349 e. The number of carbonyl (C=O) groups is 3. The van der Waals surface area contributed by atoms with E-state index in [-0.39, 0.29) is 18.0 Å². The normalized spacial score (nSPS) is 13.5. The fourth-order valence-electron chi connectivity index (χ4n) is 3.84. The van der Waals surface area contributed by atoms with Gasteiger partial charge in [-0.2, -0.15) is 0 Å². The lowest BCUT2D eigenvalue weighted by Crippen LogP contribution is -2.47. The zero-order valence-corrected chi connectivity index (χ0v) is 22.7. The zero-order chi connectivity index (χ0) is 26.4. The first-order valence-electron chi connectivity index (χ1n) is 11.5. The number of likely N-dealkylation sites (tertiary alicyclic amines) is 1. The van der Waals surface area contributed by atoms with E-state index in [1.807, 2.05) is 24.3 Å². The average Bonchev–Trinajstić information content (AvgIpc) is 2.88. The van der Waals surface area contributed by atoms with Gasteiger partial charge in [-0.3, -0.25) is 4.79 Å². The van der Waals surface area contributed by atoms with E-state index in [0.717, 1.165) is 10.2 Å². The molecular weight excluding hydrogens is 581 g/mol. The molecule has 1 heterocycles. The molecule has 0 saturated carbocycles. The molecule has 5 amide bonds. The second-order valence-electron chi connectivity index (χ2n) is 8.46. The van der Waals surface area contributed by atoms with Crippen molar-refractivity contribution in [1.29, 1.82) is 0 Å². The number of anilines is 3. The number of urea groups is 2. The third-order valence-corrected chi connectivity index (χ3v) is 7.04. The molecule has 0 unspecified atom stereocenters. The van der Waals surface area contributed by atoms with Crippen LogP contribution in [-0.4, -0.2) is 42.0 Å². The Bertz CT molecular complexity index is 1300. The van der Waals surface area contributed by atoms with E-state index < -0.39 is 6.03 Å². The average molecular weight is 605 g/mol. The maximum absolute atomic E-state index is 12.8. The number of hydrogen-bond donors (Lipinski definition) is 4. The molecule has 3 aromatic rings. The summed E-state index contributed by atoms with van der Waals surface area (Å²) < 4.78 is 0.940. The van der Waals surface area contributed by atoms with Gasteiger partial charge in [-0.15, -0.1) is 0 Å². The topological polar surface area (TPSA) is 103 Å². The summed E-state index contributed by atoms with van der Waals surface area (Å²) in [4.78, 5) is 39.5. The number of nitrogens with one attached hydrogen (secondary N) is 4. The Morgan fingerprint density at radius 1 is 0.784 bits per heavy atom. The second kappa shape index (κ2) is 12.3. The summed E-state index contributed by atoms with van der Waals surface area (Å²) in [6.45, 7) is 1.06. The minimum Gasteiger partial charge on any atom is -0.349 e. The first-order chi connectivity index (χ1) is 17.8. The molecule has 1 saturated heterocycles. The van der Waals surface area contributed by atoms with E-state index in [0.29, 0.717) is 52.9 Å². The van der Waals surface area contributed by atoms with Crippen molar-refractivity contribution < 1.29 is 14.4 Å². The van der Waals surface area contributed by atoms with Crippen LogP contribution in [-0.2, 0) is 0 Å². The molecule has 11 heteroatoms. The van der Waals surface area contributed by atoms with Gasteiger partial charge in [0.15, 0.2) is 0 Å². The van der Waals surface area contributed by atoms with E-state index in [1.54, 1.807) is 47.4 Å². The lowest BCUT2D eigenvalue weighted by Gasteiger charge is -2.32. The van der Waals surface area contributed by atoms with Crippen molar-refractivity contribution in [1.82, 2.24) is 10.2 Å². The van der Waals surface area contributed by atoms with E-state index in [1.165, 1.54) is 0 Å². The van der Waals surface area contributed by atoms with Crippen LogP contribution in [0.4, 0.5) is 26.7 Å². The maximum Gasteiger partial charge on any atom is 0.323 e. The van der Waals surface area contributed by atoms with Gasteiger partial charge in [0, 0.05) is 46.2 Å². The Balaban J connectivity index is 1.26. The summed E-state index contributed by atoms with van der Waals surface area (Å²) in [5.74, 6) is -0.244. The number of piperidine rings is 1. The van der Waals surface area contributed by atoms with Crippen molar-refractivity contribution in [3.8, 4) is 0 Å². The number of rotatable bonds is 5.